The van der Waals surface area contributed by atoms with Gasteiger partial charge in [0.2, 0.25) is 0 Å². The summed E-state index contributed by atoms with van der Waals surface area (Å²) in [5.74, 6) is 0.0104. The zero-order valence-corrected chi connectivity index (χ0v) is 14.7. The van der Waals surface area contributed by atoms with E-state index in [-0.39, 0.29) is 11.9 Å². The average Bonchev–Trinajstić information content (AvgIpc) is 3.12. The molecular weight excluding hydrogens is 300 g/mol. The number of hydrogen-bond donors (Lipinski definition) is 1. The Hall–Kier alpha value is -2.14. The number of aromatic nitrogens is 2. The molecule has 128 valence electrons. The third kappa shape index (κ3) is 3.51. The lowest BCUT2D eigenvalue weighted by Crippen LogP contribution is -2.37. The van der Waals surface area contributed by atoms with Crippen LogP contribution in [0.5, 0.6) is 0 Å². The Morgan fingerprint density at radius 3 is 2.71 bits per heavy atom. The third-order valence-electron chi connectivity index (χ3n) is 4.76. The van der Waals surface area contributed by atoms with Crippen LogP contribution in [-0.2, 0) is 13.1 Å². The van der Waals surface area contributed by atoms with Crippen LogP contribution in [-0.4, -0.2) is 39.7 Å². The summed E-state index contributed by atoms with van der Waals surface area (Å²) >= 11 is 0. The van der Waals surface area contributed by atoms with Gasteiger partial charge in [-0.3, -0.25) is 14.4 Å². The van der Waals surface area contributed by atoms with Crippen LogP contribution in [0.25, 0.3) is 0 Å². The average molecular weight is 326 g/mol. The Balaban J connectivity index is 1.59. The first-order valence-corrected chi connectivity index (χ1v) is 8.69. The standard InChI is InChI=1S/C19H26N4O/c1-4-23-15(3)18(14(2)21-23)19(24)20-17-10-11-22(13-17)12-16-8-6-5-7-9-16/h5-9,17H,4,10-13H2,1-3H3,(H,20,24). The fraction of sp³-hybridized carbons (Fsp3) is 0.474. The van der Waals surface area contributed by atoms with Gasteiger partial charge in [0.15, 0.2) is 0 Å². The van der Waals surface area contributed by atoms with Gasteiger partial charge < -0.3 is 5.32 Å². The van der Waals surface area contributed by atoms with Gasteiger partial charge in [-0.2, -0.15) is 5.10 Å². The van der Waals surface area contributed by atoms with Crippen LogP contribution in [0.2, 0.25) is 0 Å². The molecule has 2 heterocycles. The van der Waals surface area contributed by atoms with E-state index in [2.05, 4.69) is 39.6 Å². The summed E-state index contributed by atoms with van der Waals surface area (Å²) in [6, 6.07) is 10.7. The second-order valence-corrected chi connectivity index (χ2v) is 6.54. The second-order valence-electron chi connectivity index (χ2n) is 6.54. The molecule has 3 rings (SSSR count). The summed E-state index contributed by atoms with van der Waals surface area (Å²) in [4.78, 5) is 15.1. The lowest BCUT2D eigenvalue weighted by Gasteiger charge is -2.17. The molecular formula is C19H26N4O. The fourth-order valence-corrected chi connectivity index (χ4v) is 3.53. The summed E-state index contributed by atoms with van der Waals surface area (Å²) in [5.41, 5.74) is 3.82. The number of nitrogens with zero attached hydrogens (tertiary/aromatic N) is 3. The van der Waals surface area contributed by atoms with Crippen molar-refractivity contribution in [3.63, 3.8) is 0 Å². The van der Waals surface area contributed by atoms with Gasteiger partial charge in [0.25, 0.3) is 5.91 Å². The van der Waals surface area contributed by atoms with Crippen LogP contribution in [0.4, 0.5) is 0 Å². The molecule has 1 amide bonds. The maximum absolute atomic E-state index is 12.7. The Morgan fingerprint density at radius 1 is 1.29 bits per heavy atom. The smallest absolute Gasteiger partial charge is 0.255 e. The molecule has 1 saturated heterocycles. The molecule has 0 aliphatic carbocycles. The van der Waals surface area contributed by atoms with Crippen molar-refractivity contribution in [1.82, 2.24) is 20.0 Å². The molecule has 1 aliphatic heterocycles. The lowest BCUT2D eigenvalue weighted by molar-refractivity contribution is 0.0936. The highest BCUT2D eigenvalue weighted by molar-refractivity contribution is 5.96. The van der Waals surface area contributed by atoms with Crippen LogP contribution in [0, 0.1) is 13.8 Å². The number of likely N-dealkylation sites (tertiary alicyclic amines) is 1. The monoisotopic (exact) mass is 326 g/mol. The fourth-order valence-electron chi connectivity index (χ4n) is 3.53. The number of hydrogen-bond acceptors (Lipinski definition) is 3. The SMILES string of the molecule is CCn1nc(C)c(C(=O)NC2CCN(Cc3ccccc3)C2)c1C. The number of benzene rings is 1. The van der Waals surface area contributed by atoms with Crippen molar-refractivity contribution in [2.24, 2.45) is 0 Å². The molecule has 1 aromatic carbocycles. The van der Waals surface area contributed by atoms with E-state index in [1.165, 1.54) is 5.56 Å². The first-order valence-electron chi connectivity index (χ1n) is 8.69. The summed E-state index contributed by atoms with van der Waals surface area (Å²) in [6.07, 6.45) is 0.999. The largest absolute Gasteiger partial charge is 0.348 e. The van der Waals surface area contributed by atoms with Crippen molar-refractivity contribution in [3.05, 3.63) is 52.8 Å². The summed E-state index contributed by atoms with van der Waals surface area (Å²) in [6.45, 7) is 9.57. The van der Waals surface area contributed by atoms with Crippen molar-refractivity contribution in [2.75, 3.05) is 13.1 Å². The maximum atomic E-state index is 12.7. The zero-order valence-electron chi connectivity index (χ0n) is 14.7. The van der Waals surface area contributed by atoms with Gasteiger partial charge in [0, 0.05) is 37.9 Å². The van der Waals surface area contributed by atoms with Gasteiger partial charge in [-0.05, 0) is 32.8 Å². The lowest BCUT2D eigenvalue weighted by atomic mass is 10.1. The van der Waals surface area contributed by atoms with E-state index in [1.54, 1.807) is 0 Å². The van der Waals surface area contributed by atoms with Gasteiger partial charge in [-0.15, -0.1) is 0 Å². The minimum atomic E-state index is 0.0104. The zero-order chi connectivity index (χ0) is 17.1. The topological polar surface area (TPSA) is 50.2 Å². The molecule has 5 nitrogen and oxygen atoms in total. The van der Waals surface area contributed by atoms with E-state index in [0.717, 1.165) is 49.6 Å². The molecule has 1 aliphatic rings. The number of carbonyl (C=O) groups is 1. The Kier molecular flexibility index (Phi) is 5.00. The van der Waals surface area contributed by atoms with E-state index < -0.39 is 0 Å². The van der Waals surface area contributed by atoms with Crippen LogP contribution < -0.4 is 5.32 Å². The van der Waals surface area contributed by atoms with Gasteiger partial charge >= 0.3 is 0 Å². The highest BCUT2D eigenvalue weighted by Crippen LogP contribution is 2.16. The number of amides is 1. The molecule has 0 saturated carbocycles. The van der Waals surface area contributed by atoms with Gasteiger partial charge in [-0.25, -0.2) is 0 Å². The molecule has 1 fully saturated rings. The predicted octanol–water partition coefficient (Wildman–Crippen LogP) is 2.52. The molecule has 0 spiro atoms. The molecule has 1 N–H and O–H groups in total. The Bertz CT molecular complexity index is 708. The molecule has 24 heavy (non-hydrogen) atoms. The van der Waals surface area contributed by atoms with Gasteiger partial charge in [0.1, 0.15) is 0 Å². The third-order valence-corrected chi connectivity index (χ3v) is 4.76. The van der Waals surface area contributed by atoms with Gasteiger partial charge in [0.05, 0.1) is 11.3 Å². The normalized spacial score (nSPS) is 18.0. The molecule has 0 bridgehead atoms. The van der Waals surface area contributed by atoms with Crippen molar-refractivity contribution in [3.8, 4) is 0 Å². The summed E-state index contributed by atoms with van der Waals surface area (Å²) in [5, 5.41) is 7.64. The summed E-state index contributed by atoms with van der Waals surface area (Å²) < 4.78 is 1.89. The number of aryl methyl sites for hydroxylation is 2. The van der Waals surface area contributed by atoms with Crippen molar-refractivity contribution >= 4 is 5.91 Å². The minimum absolute atomic E-state index is 0.0104. The number of rotatable bonds is 5. The Morgan fingerprint density at radius 2 is 2.04 bits per heavy atom. The maximum Gasteiger partial charge on any atom is 0.255 e. The van der Waals surface area contributed by atoms with E-state index in [9.17, 15) is 4.79 Å². The number of carbonyl (C=O) groups excluding carboxylic acids is 1. The highest BCUT2D eigenvalue weighted by Gasteiger charge is 2.26. The summed E-state index contributed by atoms with van der Waals surface area (Å²) in [7, 11) is 0. The number of nitrogens with one attached hydrogen (secondary N) is 1. The molecule has 0 radical (unpaired) electrons. The first-order chi connectivity index (χ1) is 11.6. The highest BCUT2D eigenvalue weighted by atomic mass is 16.1. The van der Waals surface area contributed by atoms with E-state index >= 15 is 0 Å². The molecule has 5 heteroatoms. The van der Waals surface area contributed by atoms with Crippen LogP contribution in [0.3, 0.4) is 0 Å². The van der Waals surface area contributed by atoms with Crippen molar-refractivity contribution in [2.45, 2.75) is 46.3 Å². The molecule has 1 unspecified atom stereocenters. The molecule has 1 atom stereocenters. The van der Waals surface area contributed by atoms with E-state index in [0.29, 0.717) is 0 Å². The van der Waals surface area contributed by atoms with Gasteiger partial charge in [-0.1, -0.05) is 30.3 Å². The predicted molar refractivity (Wildman–Crippen MR) is 95.0 cm³/mol. The van der Waals surface area contributed by atoms with Crippen molar-refractivity contribution < 1.29 is 4.79 Å². The van der Waals surface area contributed by atoms with E-state index in [4.69, 9.17) is 0 Å². The first kappa shape index (κ1) is 16.7. The van der Waals surface area contributed by atoms with Crippen LogP contribution in [0.1, 0.15) is 40.7 Å². The Labute approximate surface area is 143 Å². The second kappa shape index (κ2) is 7.18. The quantitative estimate of drug-likeness (QED) is 0.918. The van der Waals surface area contributed by atoms with Crippen molar-refractivity contribution in [1.29, 1.82) is 0 Å². The molecule has 2 aromatic rings. The molecule has 1 aromatic heterocycles. The van der Waals surface area contributed by atoms with E-state index in [1.807, 2.05) is 31.5 Å². The van der Waals surface area contributed by atoms with Crippen LogP contribution >= 0.6 is 0 Å². The van der Waals surface area contributed by atoms with Crippen LogP contribution in [0.15, 0.2) is 30.3 Å². The minimum Gasteiger partial charge on any atom is -0.348 e.